The maximum Gasteiger partial charge on any atom is 0.265 e. The topological polar surface area (TPSA) is 49.0 Å². The van der Waals surface area contributed by atoms with Gasteiger partial charge in [0.2, 0.25) is 0 Å². The summed E-state index contributed by atoms with van der Waals surface area (Å²) in [6, 6.07) is 0. The average molecular weight is 212 g/mol. The molecular formula is C9H10ClN3O. The van der Waals surface area contributed by atoms with E-state index < -0.39 is 0 Å². The summed E-state index contributed by atoms with van der Waals surface area (Å²) >= 11 is 5.55. The summed E-state index contributed by atoms with van der Waals surface area (Å²) in [6.45, 7) is 4.66. The van der Waals surface area contributed by atoms with E-state index >= 15 is 0 Å². The summed E-state index contributed by atoms with van der Waals surface area (Å²) in [5, 5.41) is 6.89. The number of amides is 1. The van der Waals surface area contributed by atoms with Gasteiger partial charge in [0.1, 0.15) is 0 Å². The number of carbonyl (C=O) groups is 1. The fourth-order valence-electron chi connectivity index (χ4n) is 1.57. The summed E-state index contributed by atoms with van der Waals surface area (Å²) in [5.74, 6) is -0.196. The second kappa shape index (κ2) is 3.46. The number of hydrogen-bond acceptors (Lipinski definition) is 2. The molecule has 2 heterocycles. The van der Waals surface area contributed by atoms with Crippen LogP contribution in [0.4, 0.5) is 0 Å². The number of fused-ring (bicyclic) bond motifs is 1. The quantitative estimate of drug-likeness (QED) is 0.706. The lowest BCUT2D eigenvalue weighted by atomic mass is 10.1. The highest BCUT2D eigenvalue weighted by Crippen LogP contribution is 2.18. The molecule has 0 aromatic carbocycles. The van der Waals surface area contributed by atoms with Gasteiger partial charge in [-0.15, -0.1) is 0 Å². The van der Waals surface area contributed by atoms with Crippen LogP contribution in [0, 0.1) is 0 Å². The molecule has 14 heavy (non-hydrogen) atoms. The number of aromatic nitrogens is 2. The van der Waals surface area contributed by atoms with Crippen LogP contribution in [-0.2, 0) is 17.8 Å². The maximum atomic E-state index is 11.5. The van der Waals surface area contributed by atoms with Crippen molar-refractivity contribution in [1.29, 1.82) is 0 Å². The Morgan fingerprint density at radius 1 is 1.71 bits per heavy atom. The van der Waals surface area contributed by atoms with E-state index in [9.17, 15) is 4.79 Å². The van der Waals surface area contributed by atoms with Gasteiger partial charge >= 0.3 is 0 Å². The van der Waals surface area contributed by atoms with E-state index in [1.165, 1.54) is 0 Å². The van der Waals surface area contributed by atoms with E-state index in [0.29, 0.717) is 13.1 Å². The molecule has 74 valence electrons. The van der Waals surface area contributed by atoms with Crippen molar-refractivity contribution in [2.24, 2.45) is 0 Å². The van der Waals surface area contributed by atoms with Crippen LogP contribution >= 0.6 is 11.6 Å². The minimum absolute atomic E-state index is 0.0666. The number of aromatic amines is 1. The van der Waals surface area contributed by atoms with Crippen LogP contribution in [0.3, 0.4) is 0 Å². The van der Waals surface area contributed by atoms with Crippen LogP contribution in [0.2, 0.25) is 0 Å². The highest BCUT2D eigenvalue weighted by Gasteiger charge is 2.22. The molecule has 0 bridgehead atoms. The zero-order valence-corrected chi connectivity index (χ0v) is 8.34. The van der Waals surface area contributed by atoms with E-state index in [-0.39, 0.29) is 10.9 Å². The molecule has 1 aromatic rings. The number of H-pyrrole nitrogens is 1. The molecule has 0 saturated carbocycles. The third-order valence-electron chi connectivity index (χ3n) is 2.32. The number of carbonyl (C=O) groups excluding carboxylic acids is 1. The van der Waals surface area contributed by atoms with Crippen LogP contribution in [-0.4, -0.2) is 27.5 Å². The van der Waals surface area contributed by atoms with Gasteiger partial charge in [0, 0.05) is 30.8 Å². The van der Waals surface area contributed by atoms with Crippen LogP contribution in [0.1, 0.15) is 11.3 Å². The molecule has 5 heteroatoms. The lowest BCUT2D eigenvalue weighted by molar-refractivity contribution is -0.127. The number of halogens is 1. The summed E-state index contributed by atoms with van der Waals surface area (Å²) < 4.78 is 0. The fourth-order valence-corrected chi connectivity index (χ4v) is 1.69. The van der Waals surface area contributed by atoms with E-state index in [1.54, 1.807) is 11.1 Å². The molecular weight excluding hydrogens is 202 g/mol. The van der Waals surface area contributed by atoms with Crippen molar-refractivity contribution < 1.29 is 4.79 Å². The van der Waals surface area contributed by atoms with Crippen molar-refractivity contribution >= 4 is 17.5 Å². The van der Waals surface area contributed by atoms with E-state index in [4.69, 9.17) is 11.6 Å². The Bertz CT molecular complexity index is 385. The Hall–Kier alpha value is -1.29. The molecule has 4 nitrogen and oxygen atoms in total. The molecule has 0 atom stereocenters. The molecule has 0 radical (unpaired) electrons. The van der Waals surface area contributed by atoms with Gasteiger partial charge in [-0.2, -0.15) is 5.10 Å². The molecule has 1 amide bonds. The van der Waals surface area contributed by atoms with Crippen LogP contribution < -0.4 is 0 Å². The number of nitrogens with one attached hydrogen (secondary N) is 1. The zero-order valence-electron chi connectivity index (χ0n) is 7.59. The van der Waals surface area contributed by atoms with Gasteiger partial charge in [-0.25, -0.2) is 0 Å². The number of rotatable bonds is 1. The van der Waals surface area contributed by atoms with Crippen LogP contribution in [0.25, 0.3) is 0 Å². The lowest BCUT2D eigenvalue weighted by Gasteiger charge is -2.25. The molecule has 0 saturated heterocycles. The Morgan fingerprint density at radius 2 is 2.50 bits per heavy atom. The Labute approximate surface area is 86.5 Å². The van der Waals surface area contributed by atoms with E-state index in [0.717, 1.165) is 17.7 Å². The molecule has 0 unspecified atom stereocenters. The van der Waals surface area contributed by atoms with Crippen molar-refractivity contribution in [2.45, 2.75) is 13.0 Å². The SMILES string of the molecule is C=C(Cl)C(=O)N1CCc2[nH]ncc2C1. The third kappa shape index (κ3) is 1.53. The fraction of sp³-hybridized carbons (Fsp3) is 0.333. The lowest BCUT2D eigenvalue weighted by Crippen LogP contribution is -2.35. The highest BCUT2D eigenvalue weighted by molar-refractivity contribution is 6.41. The molecule has 1 aliphatic heterocycles. The molecule has 0 fully saturated rings. The monoisotopic (exact) mass is 211 g/mol. The normalized spacial score (nSPS) is 15.1. The van der Waals surface area contributed by atoms with Crippen molar-refractivity contribution in [3.63, 3.8) is 0 Å². The van der Waals surface area contributed by atoms with Crippen molar-refractivity contribution in [3.05, 3.63) is 29.1 Å². The number of nitrogens with zero attached hydrogens (tertiary/aromatic N) is 2. The second-order valence-corrected chi connectivity index (χ2v) is 3.71. The largest absolute Gasteiger partial charge is 0.333 e. The first-order valence-electron chi connectivity index (χ1n) is 4.33. The van der Waals surface area contributed by atoms with Gasteiger partial charge in [-0.05, 0) is 0 Å². The van der Waals surface area contributed by atoms with Crippen molar-refractivity contribution in [2.75, 3.05) is 6.54 Å². The highest BCUT2D eigenvalue weighted by atomic mass is 35.5. The summed E-state index contributed by atoms with van der Waals surface area (Å²) in [7, 11) is 0. The van der Waals surface area contributed by atoms with Crippen LogP contribution in [0.15, 0.2) is 17.8 Å². The van der Waals surface area contributed by atoms with E-state index in [2.05, 4.69) is 16.8 Å². The summed E-state index contributed by atoms with van der Waals surface area (Å²) in [6.07, 6.45) is 2.54. The summed E-state index contributed by atoms with van der Waals surface area (Å²) in [5.41, 5.74) is 2.16. The second-order valence-electron chi connectivity index (χ2n) is 3.26. The maximum absolute atomic E-state index is 11.5. The molecule has 1 aromatic heterocycles. The first-order valence-corrected chi connectivity index (χ1v) is 4.71. The van der Waals surface area contributed by atoms with Gasteiger partial charge in [0.15, 0.2) is 0 Å². The molecule has 0 aliphatic carbocycles. The first-order chi connectivity index (χ1) is 6.68. The van der Waals surface area contributed by atoms with Crippen molar-refractivity contribution in [3.8, 4) is 0 Å². The summed E-state index contributed by atoms with van der Waals surface area (Å²) in [4.78, 5) is 13.2. The average Bonchev–Trinajstić information content (AvgIpc) is 2.62. The Morgan fingerprint density at radius 3 is 3.21 bits per heavy atom. The third-order valence-corrected chi connectivity index (χ3v) is 2.48. The zero-order chi connectivity index (χ0) is 10.1. The Balaban J connectivity index is 2.15. The number of hydrogen-bond donors (Lipinski definition) is 1. The molecule has 1 N–H and O–H groups in total. The predicted octanol–water partition coefficient (Wildman–Crippen LogP) is 1.05. The van der Waals surface area contributed by atoms with Gasteiger partial charge in [-0.1, -0.05) is 18.2 Å². The minimum atomic E-state index is -0.196. The van der Waals surface area contributed by atoms with E-state index in [1.807, 2.05) is 0 Å². The molecule has 0 spiro atoms. The minimum Gasteiger partial charge on any atom is -0.333 e. The predicted molar refractivity (Wildman–Crippen MR) is 52.7 cm³/mol. The standard InChI is InChI=1S/C9H10ClN3O/c1-6(10)9(14)13-3-2-8-7(5-13)4-11-12-8/h4H,1-3,5H2,(H,11,12). The Kier molecular flexibility index (Phi) is 2.29. The van der Waals surface area contributed by atoms with Crippen molar-refractivity contribution in [1.82, 2.24) is 15.1 Å². The molecule has 2 rings (SSSR count). The van der Waals surface area contributed by atoms with Crippen LogP contribution in [0.5, 0.6) is 0 Å². The van der Waals surface area contributed by atoms with Gasteiger partial charge in [-0.3, -0.25) is 9.89 Å². The first kappa shape index (κ1) is 9.27. The smallest absolute Gasteiger partial charge is 0.265 e. The van der Waals surface area contributed by atoms with Gasteiger partial charge in [0.25, 0.3) is 5.91 Å². The van der Waals surface area contributed by atoms with Gasteiger partial charge < -0.3 is 4.90 Å². The molecule has 1 aliphatic rings. The van der Waals surface area contributed by atoms with Gasteiger partial charge in [0.05, 0.1) is 11.2 Å².